The number of rotatable bonds is 3. The number of carbonyl (C=O) groups excluding carboxylic acids is 1. The van der Waals surface area contributed by atoms with Crippen molar-refractivity contribution in [1.29, 1.82) is 0 Å². The molecule has 0 atom stereocenters. The Morgan fingerprint density at radius 3 is 2.55 bits per heavy atom. The molecule has 0 aliphatic carbocycles. The van der Waals surface area contributed by atoms with Crippen LogP contribution < -0.4 is 0 Å². The molecule has 1 aliphatic heterocycles. The molecule has 5 heteroatoms. The van der Waals surface area contributed by atoms with Gasteiger partial charge in [0, 0.05) is 53.5 Å². The predicted octanol–water partition coefficient (Wildman–Crippen LogP) is 5.80. The first-order valence-electron chi connectivity index (χ1n) is 11.4. The molecule has 5 nitrogen and oxygen atoms in total. The molecule has 0 radical (unpaired) electrons. The topological polar surface area (TPSA) is 61.9 Å². The van der Waals surface area contributed by atoms with Gasteiger partial charge in [-0.1, -0.05) is 48.5 Å². The van der Waals surface area contributed by atoms with Crippen molar-refractivity contribution in [3.63, 3.8) is 0 Å². The number of nitrogens with zero attached hydrogens (tertiary/aromatic N) is 3. The molecule has 0 saturated carbocycles. The summed E-state index contributed by atoms with van der Waals surface area (Å²) in [6.07, 6.45) is 7.68. The van der Waals surface area contributed by atoms with Crippen molar-refractivity contribution in [2.45, 2.75) is 18.8 Å². The molecule has 3 aromatic heterocycles. The highest BCUT2D eigenvalue weighted by Gasteiger charge is 2.27. The summed E-state index contributed by atoms with van der Waals surface area (Å²) in [6, 6.07) is 22.3. The Kier molecular flexibility index (Phi) is 4.87. The number of hydrogen-bond donors (Lipinski definition) is 1. The fraction of sp³-hybridized carbons (Fsp3) is 0.179. The Labute approximate surface area is 192 Å². The molecule has 6 rings (SSSR count). The maximum atomic E-state index is 13.3. The van der Waals surface area contributed by atoms with Gasteiger partial charge in [0.25, 0.3) is 5.91 Å². The van der Waals surface area contributed by atoms with E-state index in [2.05, 4.69) is 40.4 Å². The SMILES string of the molecule is O=C(c1ccc2cncc(-c3ccccc3)c2n1)N1CCC(c2c[nH]c3ccccc23)CC1. The summed E-state index contributed by atoms with van der Waals surface area (Å²) in [6.45, 7) is 1.48. The zero-order valence-electron chi connectivity index (χ0n) is 18.2. The van der Waals surface area contributed by atoms with E-state index < -0.39 is 0 Å². The first kappa shape index (κ1) is 19.7. The van der Waals surface area contributed by atoms with Gasteiger partial charge < -0.3 is 9.88 Å². The van der Waals surface area contributed by atoms with Gasteiger partial charge in [-0.15, -0.1) is 0 Å². The van der Waals surface area contributed by atoms with Crippen LogP contribution in [0.15, 0.2) is 85.3 Å². The van der Waals surface area contributed by atoms with E-state index in [0.29, 0.717) is 11.6 Å². The lowest BCUT2D eigenvalue weighted by Gasteiger charge is -2.32. The number of likely N-dealkylation sites (tertiary alicyclic amines) is 1. The summed E-state index contributed by atoms with van der Waals surface area (Å²) >= 11 is 0. The van der Waals surface area contributed by atoms with Crippen LogP contribution in [0.5, 0.6) is 0 Å². The second-order valence-electron chi connectivity index (χ2n) is 8.68. The van der Waals surface area contributed by atoms with Gasteiger partial charge >= 0.3 is 0 Å². The predicted molar refractivity (Wildman–Crippen MR) is 131 cm³/mol. The van der Waals surface area contributed by atoms with Crippen molar-refractivity contribution in [2.75, 3.05) is 13.1 Å². The maximum Gasteiger partial charge on any atom is 0.272 e. The number of hydrogen-bond acceptors (Lipinski definition) is 3. The lowest BCUT2D eigenvalue weighted by Crippen LogP contribution is -2.38. The van der Waals surface area contributed by atoms with Crippen LogP contribution >= 0.6 is 0 Å². The van der Waals surface area contributed by atoms with Gasteiger partial charge in [0.05, 0.1) is 5.52 Å². The molecule has 0 spiro atoms. The van der Waals surface area contributed by atoms with Gasteiger partial charge in [0.1, 0.15) is 5.69 Å². The largest absolute Gasteiger partial charge is 0.361 e. The number of aromatic amines is 1. The van der Waals surface area contributed by atoms with Gasteiger partial charge in [0.2, 0.25) is 0 Å². The molecule has 162 valence electrons. The van der Waals surface area contributed by atoms with Crippen molar-refractivity contribution in [1.82, 2.24) is 19.9 Å². The molecule has 5 aromatic rings. The molecule has 2 aromatic carbocycles. The third-order valence-electron chi connectivity index (χ3n) is 6.75. The molecule has 1 N–H and O–H groups in total. The number of benzene rings is 2. The van der Waals surface area contributed by atoms with Crippen molar-refractivity contribution < 1.29 is 4.79 Å². The Balaban J connectivity index is 1.24. The van der Waals surface area contributed by atoms with Crippen molar-refractivity contribution in [3.8, 4) is 11.1 Å². The standard InChI is InChI=1S/C28H24N4O/c33-28(32-14-12-20(13-15-32)23-18-30-25-9-5-4-8-22(23)25)26-11-10-21-16-29-17-24(27(21)31-26)19-6-2-1-3-7-19/h1-11,16-18,20,30H,12-15H2. The lowest BCUT2D eigenvalue weighted by molar-refractivity contribution is 0.0708. The summed E-state index contributed by atoms with van der Waals surface area (Å²) < 4.78 is 0. The fourth-order valence-electron chi connectivity index (χ4n) is 4.98. The van der Waals surface area contributed by atoms with Crippen molar-refractivity contribution >= 4 is 27.7 Å². The number of carbonyl (C=O) groups is 1. The molecule has 1 fully saturated rings. The molecular formula is C28H24N4O. The first-order valence-corrected chi connectivity index (χ1v) is 11.4. The number of nitrogens with one attached hydrogen (secondary N) is 1. The van der Waals surface area contributed by atoms with E-state index >= 15 is 0 Å². The maximum absolute atomic E-state index is 13.3. The van der Waals surface area contributed by atoms with Crippen LogP contribution in [0.4, 0.5) is 0 Å². The van der Waals surface area contributed by atoms with E-state index in [-0.39, 0.29) is 5.91 Å². The summed E-state index contributed by atoms with van der Waals surface area (Å²) in [5.74, 6) is 0.468. The minimum Gasteiger partial charge on any atom is -0.361 e. The minimum absolute atomic E-state index is 0.00472. The number of amides is 1. The Morgan fingerprint density at radius 2 is 1.70 bits per heavy atom. The molecule has 0 bridgehead atoms. The zero-order valence-corrected chi connectivity index (χ0v) is 18.2. The molecule has 1 saturated heterocycles. The second kappa shape index (κ2) is 8.17. The summed E-state index contributed by atoms with van der Waals surface area (Å²) in [5, 5.41) is 2.23. The van der Waals surface area contributed by atoms with Gasteiger partial charge in [-0.3, -0.25) is 9.78 Å². The Hall–Kier alpha value is -3.99. The summed E-state index contributed by atoms with van der Waals surface area (Å²) in [4.78, 5) is 27.8. The molecule has 4 heterocycles. The molecule has 33 heavy (non-hydrogen) atoms. The molecule has 0 unspecified atom stereocenters. The lowest BCUT2D eigenvalue weighted by atomic mass is 9.89. The minimum atomic E-state index is 0.00472. The highest BCUT2D eigenvalue weighted by Crippen LogP contribution is 2.33. The van der Waals surface area contributed by atoms with Crippen LogP contribution in [-0.2, 0) is 0 Å². The first-order chi connectivity index (χ1) is 16.3. The van der Waals surface area contributed by atoms with E-state index in [9.17, 15) is 4.79 Å². The van der Waals surface area contributed by atoms with E-state index in [0.717, 1.165) is 48.0 Å². The third kappa shape index (κ3) is 3.55. The highest BCUT2D eigenvalue weighted by atomic mass is 16.2. The Morgan fingerprint density at radius 1 is 0.909 bits per heavy atom. The van der Waals surface area contributed by atoms with E-state index in [1.807, 2.05) is 53.6 Å². The number of para-hydroxylation sites is 1. The summed E-state index contributed by atoms with van der Waals surface area (Å²) in [7, 11) is 0. The van der Waals surface area contributed by atoms with Crippen molar-refractivity contribution in [3.05, 3.63) is 96.6 Å². The van der Waals surface area contributed by atoms with Crippen LogP contribution in [0.1, 0.15) is 34.8 Å². The monoisotopic (exact) mass is 432 g/mol. The van der Waals surface area contributed by atoms with Crippen LogP contribution in [0.2, 0.25) is 0 Å². The molecule has 1 aliphatic rings. The number of pyridine rings is 2. The molecule has 1 amide bonds. The third-order valence-corrected chi connectivity index (χ3v) is 6.75. The van der Waals surface area contributed by atoms with Crippen LogP contribution in [0.3, 0.4) is 0 Å². The van der Waals surface area contributed by atoms with Gasteiger partial charge in [-0.25, -0.2) is 4.98 Å². The van der Waals surface area contributed by atoms with Crippen LogP contribution in [0, 0.1) is 0 Å². The zero-order chi connectivity index (χ0) is 22.2. The molecular weight excluding hydrogens is 408 g/mol. The van der Waals surface area contributed by atoms with Crippen LogP contribution in [0.25, 0.3) is 32.9 Å². The highest BCUT2D eigenvalue weighted by molar-refractivity contribution is 5.98. The van der Waals surface area contributed by atoms with Gasteiger partial charge in [-0.2, -0.15) is 0 Å². The quantitative estimate of drug-likeness (QED) is 0.392. The smallest absolute Gasteiger partial charge is 0.272 e. The Bertz CT molecular complexity index is 1450. The normalized spacial score (nSPS) is 14.7. The van der Waals surface area contributed by atoms with Gasteiger partial charge in [0.15, 0.2) is 0 Å². The van der Waals surface area contributed by atoms with E-state index in [1.165, 1.54) is 16.5 Å². The number of fused-ring (bicyclic) bond motifs is 2. The summed E-state index contributed by atoms with van der Waals surface area (Å²) in [5.41, 5.74) is 5.84. The van der Waals surface area contributed by atoms with Crippen molar-refractivity contribution in [2.24, 2.45) is 0 Å². The fourth-order valence-corrected chi connectivity index (χ4v) is 4.98. The second-order valence-corrected chi connectivity index (χ2v) is 8.68. The van der Waals surface area contributed by atoms with E-state index in [1.54, 1.807) is 6.20 Å². The average Bonchev–Trinajstić information content (AvgIpc) is 3.32. The van der Waals surface area contributed by atoms with Gasteiger partial charge in [-0.05, 0) is 48.1 Å². The number of aromatic nitrogens is 3. The average molecular weight is 433 g/mol. The number of piperidine rings is 1. The van der Waals surface area contributed by atoms with Crippen LogP contribution in [-0.4, -0.2) is 38.8 Å². The number of H-pyrrole nitrogens is 1. The van der Waals surface area contributed by atoms with E-state index in [4.69, 9.17) is 4.98 Å².